The molecule has 2 aliphatic heterocycles. The third-order valence-corrected chi connectivity index (χ3v) is 4.22. The summed E-state index contributed by atoms with van der Waals surface area (Å²) in [5, 5.41) is 3.64. The molecule has 1 N–H and O–H groups in total. The molecule has 0 amide bonds. The molecule has 16 heavy (non-hydrogen) atoms. The van der Waals surface area contributed by atoms with Crippen molar-refractivity contribution in [1.82, 2.24) is 5.32 Å². The second kappa shape index (κ2) is 4.63. The Morgan fingerprint density at radius 2 is 2.06 bits per heavy atom. The molecule has 0 aromatic carbocycles. The van der Waals surface area contributed by atoms with Gasteiger partial charge in [-0.05, 0) is 20.3 Å². The number of hydrogen-bond donors (Lipinski definition) is 1. The zero-order valence-corrected chi connectivity index (χ0v) is 10.8. The lowest BCUT2D eigenvalue weighted by atomic mass is 9.76. The Bertz CT molecular complexity index is 242. The molecular formula is C13H25NO2. The summed E-state index contributed by atoms with van der Waals surface area (Å²) in [6.07, 6.45) is 4.74. The summed E-state index contributed by atoms with van der Waals surface area (Å²) in [6.45, 7) is 9.21. The number of nitrogens with one attached hydrogen (secondary N) is 1. The molecule has 2 atom stereocenters. The van der Waals surface area contributed by atoms with Gasteiger partial charge in [0, 0.05) is 19.0 Å². The molecule has 1 spiro atoms. The van der Waals surface area contributed by atoms with Gasteiger partial charge in [0.2, 0.25) is 0 Å². The normalized spacial score (nSPS) is 38.1. The standard InChI is InChI=1S/C13H25NO2/c1-4-5-6-11-13(16-10-8-14-11)7-9-15-12(13,2)3/h11,14H,4-10H2,1-3H3. The fourth-order valence-corrected chi connectivity index (χ4v) is 3.20. The first kappa shape index (κ1) is 12.3. The largest absolute Gasteiger partial charge is 0.372 e. The van der Waals surface area contributed by atoms with Crippen molar-refractivity contribution in [3.8, 4) is 0 Å². The van der Waals surface area contributed by atoms with Crippen molar-refractivity contribution in [1.29, 1.82) is 0 Å². The van der Waals surface area contributed by atoms with E-state index < -0.39 is 0 Å². The molecule has 3 heteroatoms. The van der Waals surface area contributed by atoms with Crippen LogP contribution >= 0.6 is 0 Å². The van der Waals surface area contributed by atoms with Crippen molar-refractivity contribution < 1.29 is 9.47 Å². The van der Waals surface area contributed by atoms with E-state index in [0.29, 0.717) is 6.04 Å². The zero-order chi connectivity index (χ0) is 11.6. The maximum absolute atomic E-state index is 6.16. The number of unbranched alkanes of at least 4 members (excludes halogenated alkanes) is 1. The highest BCUT2D eigenvalue weighted by Gasteiger charge is 2.56. The van der Waals surface area contributed by atoms with Crippen LogP contribution in [0.1, 0.15) is 46.5 Å². The van der Waals surface area contributed by atoms with E-state index in [0.717, 1.165) is 26.2 Å². The molecule has 2 rings (SSSR count). The summed E-state index contributed by atoms with van der Waals surface area (Å²) in [5.74, 6) is 0. The molecular weight excluding hydrogens is 202 g/mol. The SMILES string of the molecule is CCCCC1NCCOC12CCOC2(C)C. The Hall–Kier alpha value is -0.120. The third kappa shape index (κ3) is 1.89. The van der Waals surface area contributed by atoms with Gasteiger partial charge in [0.1, 0.15) is 5.60 Å². The van der Waals surface area contributed by atoms with Gasteiger partial charge < -0.3 is 14.8 Å². The highest BCUT2D eigenvalue weighted by atomic mass is 16.6. The first-order chi connectivity index (χ1) is 7.62. The minimum atomic E-state index is -0.154. The topological polar surface area (TPSA) is 30.5 Å². The summed E-state index contributed by atoms with van der Waals surface area (Å²) < 4.78 is 12.0. The third-order valence-electron chi connectivity index (χ3n) is 4.22. The first-order valence-electron chi connectivity index (χ1n) is 6.64. The van der Waals surface area contributed by atoms with E-state index in [4.69, 9.17) is 9.47 Å². The van der Waals surface area contributed by atoms with Crippen LogP contribution in [0, 0.1) is 0 Å². The molecule has 3 nitrogen and oxygen atoms in total. The molecule has 0 radical (unpaired) electrons. The summed E-state index contributed by atoms with van der Waals surface area (Å²) >= 11 is 0. The highest BCUT2D eigenvalue weighted by molar-refractivity contribution is 5.09. The van der Waals surface area contributed by atoms with Crippen LogP contribution in [0.4, 0.5) is 0 Å². The molecule has 0 aliphatic carbocycles. The highest BCUT2D eigenvalue weighted by Crippen LogP contribution is 2.43. The summed E-state index contributed by atoms with van der Waals surface area (Å²) in [6, 6.07) is 0.457. The van der Waals surface area contributed by atoms with Crippen LogP contribution in [0.3, 0.4) is 0 Å². The molecule has 2 saturated heterocycles. The molecule has 94 valence electrons. The first-order valence-corrected chi connectivity index (χ1v) is 6.64. The Labute approximate surface area is 98.9 Å². The number of hydrogen-bond acceptors (Lipinski definition) is 3. The lowest BCUT2D eigenvalue weighted by Gasteiger charge is -2.48. The van der Waals surface area contributed by atoms with Crippen molar-refractivity contribution >= 4 is 0 Å². The van der Waals surface area contributed by atoms with E-state index in [2.05, 4.69) is 26.1 Å². The molecule has 0 aromatic heterocycles. The van der Waals surface area contributed by atoms with Crippen molar-refractivity contribution in [2.24, 2.45) is 0 Å². The Morgan fingerprint density at radius 3 is 2.69 bits per heavy atom. The van der Waals surface area contributed by atoms with Crippen molar-refractivity contribution in [2.75, 3.05) is 19.8 Å². The molecule has 2 unspecified atom stereocenters. The lowest BCUT2D eigenvalue weighted by molar-refractivity contribution is -0.171. The van der Waals surface area contributed by atoms with E-state index in [1.807, 2.05) is 0 Å². The quantitative estimate of drug-likeness (QED) is 0.801. The Balaban J connectivity index is 2.14. The predicted molar refractivity (Wildman–Crippen MR) is 64.6 cm³/mol. The van der Waals surface area contributed by atoms with Gasteiger partial charge in [0.15, 0.2) is 0 Å². The monoisotopic (exact) mass is 227 g/mol. The maximum atomic E-state index is 6.16. The molecule has 0 saturated carbocycles. The molecule has 2 fully saturated rings. The number of morpholine rings is 1. The lowest BCUT2D eigenvalue weighted by Crippen LogP contribution is -2.65. The summed E-state index contributed by atoms with van der Waals surface area (Å²) in [4.78, 5) is 0. The zero-order valence-electron chi connectivity index (χ0n) is 10.8. The number of ether oxygens (including phenoxy) is 2. The fourth-order valence-electron chi connectivity index (χ4n) is 3.20. The maximum Gasteiger partial charge on any atom is 0.114 e. The van der Waals surface area contributed by atoms with Crippen molar-refractivity contribution in [3.05, 3.63) is 0 Å². The van der Waals surface area contributed by atoms with Crippen LogP contribution in [0.5, 0.6) is 0 Å². The Kier molecular flexibility index (Phi) is 3.57. The van der Waals surface area contributed by atoms with Crippen molar-refractivity contribution in [3.63, 3.8) is 0 Å². The van der Waals surface area contributed by atoms with Gasteiger partial charge in [0.05, 0.1) is 18.8 Å². The van der Waals surface area contributed by atoms with Crippen molar-refractivity contribution in [2.45, 2.75) is 63.7 Å². The van der Waals surface area contributed by atoms with E-state index in [1.54, 1.807) is 0 Å². The average molecular weight is 227 g/mol. The van der Waals surface area contributed by atoms with E-state index in [1.165, 1.54) is 19.3 Å². The van der Waals surface area contributed by atoms with Crippen LogP contribution in [0.25, 0.3) is 0 Å². The van der Waals surface area contributed by atoms with Gasteiger partial charge in [0.25, 0.3) is 0 Å². The van der Waals surface area contributed by atoms with Crippen LogP contribution in [0.15, 0.2) is 0 Å². The summed E-state index contributed by atoms with van der Waals surface area (Å²) in [5.41, 5.74) is -0.251. The van der Waals surface area contributed by atoms with Gasteiger partial charge >= 0.3 is 0 Å². The van der Waals surface area contributed by atoms with Gasteiger partial charge in [-0.1, -0.05) is 19.8 Å². The van der Waals surface area contributed by atoms with Crippen LogP contribution in [-0.2, 0) is 9.47 Å². The van der Waals surface area contributed by atoms with Gasteiger partial charge in [-0.2, -0.15) is 0 Å². The Morgan fingerprint density at radius 1 is 1.25 bits per heavy atom. The molecule has 0 aromatic rings. The van der Waals surface area contributed by atoms with Crippen LogP contribution in [-0.4, -0.2) is 37.0 Å². The average Bonchev–Trinajstić information content (AvgIpc) is 2.54. The molecule has 0 bridgehead atoms. The van der Waals surface area contributed by atoms with Crippen LogP contribution in [0.2, 0.25) is 0 Å². The van der Waals surface area contributed by atoms with Crippen LogP contribution < -0.4 is 5.32 Å². The van der Waals surface area contributed by atoms with E-state index in [9.17, 15) is 0 Å². The van der Waals surface area contributed by atoms with E-state index >= 15 is 0 Å². The smallest absolute Gasteiger partial charge is 0.114 e. The molecule has 2 heterocycles. The van der Waals surface area contributed by atoms with E-state index in [-0.39, 0.29) is 11.2 Å². The number of rotatable bonds is 3. The molecule has 2 aliphatic rings. The van der Waals surface area contributed by atoms with Gasteiger partial charge in [-0.15, -0.1) is 0 Å². The fraction of sp³-hybridized carbons (Fsp3) is 1.00. The predicted octanol–water partition coefficient (Wildman–Crippen LogP) is 2.10. The minimum Gasteiger partial charge on any atom is -0.372 e. The van der Waals surface area contributed by atoms with Gasteiger partial charge in [-0.25, -0.2) is 0 Å². The summed E-state index contributed by atoms with van der Waals surface area (Å²) in [7, 11) is 0. The second-order valence-electron chi connectivity index (χ2n) is 5.50. The minimum absolute atomic E-state index is 0.0968. The van der Waals surface area contributed by atoms with Gasteiger partial charge in [-0.3, -0.25) is 0 Å². The second-order valence-corrected chi connectivity index (χ2v) is 5.50.